The second kappa shape index (κ2) is 9.28. The van der Waals surface area contributed by atoms with E-state index in [0.717, 1.165) is 58.5 Å². The van der Waals surface area contributed by atoms with Gasteiger partial charge < -0.3 is 15.4 Å². The summed E-state index contributed by atoms with van der Waals surface area (Å²) in [4.78, 5) is 16.4. The van der Waals surface area contributed by atoms with Gasteiger partial charge in [0.1, 0.15) is 0 Å². The van der Waals surface area contributed by atoms with Crippen LogP contribution in [0.4, 0.5) is 0 Å². The van der Waals surface area contributed by atoms with Gasteiger partial charge in [0.25, 0.3) is 0 Å². The number of hydrogen-bond donors (Lipinski definition) is 1. The predicted molar refractivity (Wildman–Crippen MR) is 77.0 cm³/mol. The van der Waals surface area contributed by atoms with E-state index in [9.17, 15) is 4.79 Å². The Bertz CT molecular complexity index is 253. The highest BCUT2D eigenvalue weighted by Crippen LogP contribution is 2.08. The van der Waals surface area contributed by atoms with Crippen molar-refractivity contribution in [3.8, 4) is 0 Å². The Hall–Kier alpha value is -0.650. The van der Waals surface area contributed by atoms with Crippen LogP contribution in [-0.2, 0) is 9.53 Å². The Balaban J connectivity index is 2.16. The minimum Gasteiger partial charge on any atom is -0.382 e. The molecule has 5 heteroatoms. The SMILES string of the molecule is COC(C)CCC(=O)N1CCN(CCCCN)CC1. The van der Waals surface area contributed by atoms with Gasteiger partial charge in [-0.3, -0.25) is 9.69 Å². The van der Waals surface area contributed by atoms with E-state index in [4.69, 9.17) is 10.5 Å². The molecule has 0 bridgehead atoms. The monoisotopic (exact) mass is 271 g/mol. The highest BCUT2D eigenvalue weighted by molar-refractivity contribution is 5.76. The summed E-state index contributed by atoms with van der Waals surface area (Å²) < 4.78 is 5.17. The van der Waals surface area contributed by atoms with E-state index in [0.29, 0.717) is 6.42 Å². The highest BCUT2D eigenvalue weighted by Gasteiger charge is 2.20. The second-order valence-electron chi connectivity index (χ2n) is 5.30. The molecule has 1 rings (SSSR count). The van der Waals surface area contributed by atoms with Gasteiger partial charge >= 0.3 is 0 Å². The second-order valence-corrected chi connectivity index (χ2v) is 5.30. The largest absolute Gasteiger partial charge is 0.382 e. The van der Waals surface area contributed by atoms with Crippen LogP contribution in [0.5, 0.6) is 0 Å². The molecule has 0 aromatic rings. The van der Waals surface area contributed by atoms with E-state index in [1.165, 1.54) is 0 Å². The van der Waals surface area contributed by atoms with Crippen LogP contribution in [0.25, 0.3) is 0 Å². The fraction of sp³-hybridized carbons (Fsp3) is 0.929. The van der Waals surface area contributed by atoms with E-state index < -0.39 is 0 Å². The molecule has 0 spiro atoms. The maximum atomic E-state index is 12.0. The third-order valence-corrected chi connectivity index (χ3v) is 3.82. The number of piperazine rings is 1. The van der Waals surface area contributed by atoms with Crippen molar-refractivity contribution in [3.63, 3.8) is 0 Å². The fourth-order valence-electron chi connectivity index (χ4n) is 2.30. The third-order valence-electron chi connectivity index (χ3n) is 3.82. The van der Waals surface area contributed by atoms with Crippen LogP contribution in [0.15, 0.2) is 0 Å². The van der Waals surface area contributed by atoms with Crippen LogP contribution in [0.1, 0.15) is 32.6 Å². The molecule has 1 unspecified atom stereocenters. The molecule has 0 aromatic carbocycles. The summed E-state index contributed by atoms with van der Waals surface area (Å²) >= 11 is 0. The van der Waals surface area contributed by atoms with Crippen LogP contribution in [0.3, 0.4) is 0 Å². The number of unbranched alkanes of at least 4 members (excludes halogenated alkanes) is 1. The van der Waals surface area contributed by atoms with Crippen LogP contribution in [0, 0.1) is 0 Å². The lowest BCUT2D eigenvalue weighted by Gasteiger charge is -2.35. The van der Waals surface area contributed by atoms with Crippen molar-refractivity contribution in [2.24, 2.45) is 5.73 Å². The number of nitrogens with zero attached hydrogens (tertiary/aromatic N) is 2. The first kappa shape index (κ1) is 16.4. The minimum absolute atomic E-state index is 0.168. The molecule has 0 aliphatic carbocycles. The molecule has 0 radical (unpaired) electrons. The number of nitrogens with two attached hydrogens (primary N) is 1. The molecule has 1 heterocycles. The molecule has 1 saturated heterocycles. The third kappa shape index (κ3) is 6.36. The number of amides is 1. The average molecular weight is 271 g/mol. The first-order chi connectivity index (χ1) is 9.17. The van der Waals surface area contributed by atoms with Gasteiger partial charge in [0.2, 0.25) is 5.91 Å². The standard InChI is InChI=1S/C14H29N3O2/c1-13(19-2)5-6-14(18)17-11-9-16(10-12-17)8-4-3-7-15/h13H,3-12,15H2,1-2H3. The van der Waals surface area contributed by atoms with E-state index in [2.05, 4.69) is 4.90 Å². The average Bonchev–Trinajstić information content (AvgIpc) is 2.45. The van der Waals surface area contributed by atoms with Crippen LogP contribution in [0.2, 0.25) is 0 Å². The Labute approximate surface area is 117 Å². The molecule has 2 N–H and O–H groups in total. The van der Waals surface area contributed by atoms with Crippen molar-refractivity contribution < 1.29 is 9.53 Å². The van der Waals surface area contributed by atoms with Gasteiger partial charge in [-0.25, -0.2) is 0 Å². The summed E-state index contributed by atoms with van der Waals surface area (Å²) in [5, 5.41) is 0. The quantitative estimate of drug-likeness (QED) is 0.660. The normalized spacial score (nSPS) is 18.6. The van der Waals surface area contributed by atoms with Crippen LogP contribution < -0.4 is 5.73 Å². The lowest BCUT2D eigenvalue weighted by atomic mass is 10.2. The molecule has 1 atom stereocenters. The smallest absolute Gasteiger partial charge is 0.222 e. The first-order valence-corrected chi connectivity index (χ1v) is 7.40. The maximum Gasteiger partial charge on any atom is 0.222 e. The van der Waals surface area contributed by atoms with Crippen molar-refractivity contribution in [2.45, 2.75) is 38.7 Å². The van der Waals surface area contributed by atoms with E-state index in [-0.39, 0.29) is 12.0 Å². The topological polar surface area (TPSA) is 58.8 Å². The molecule has 1 aliphatic heterocycles. The Morgan fingerprint density at radius 3 is 2.53 bits per heavy atom. The van der Waals surface area contributed by atoms with Gasteiger partial charge in [-0.05, 0) is 39.3 Å². The zero-order chi connectivity index (χ0) is 14.1. The van der Waals surface area contributed by atoms with Gasteiger partial charge in [-0.2, -0.15) is 0 Å². The Morgan fingerprint density at radius 2 is 1.95 bits per heavy atom. The lowest BCUT2D eigenvalue weighted by Crippen LogP contribution is -2.48. The molecule has 0 saturated carbocycles. The maximum absolute atomic E-state index is 12.0. The molecule has 1 amide bonds. The predicted octanol–water partition coefficient (Wildman–Crippen LogP) is 0.685. The zero-order valence-electron chi connectivity index (χ0n) is 12.4. The van der Waals surface area contributed by atoms with Crippen molar-refractivity contribution >= 4 is 5.91 Å². The van der Waals surface area contributed by atoms with Gasteiger partial charge in [0, 0.05) is 39.7 Å². The highest BCUT2D eigenvalue weighted by atomic mass is 16.5. The molecular weight excluding hydrogens is 242 g/mol. The van der Waals surface area contributed by atoms with Gasteiger partial charge in [-0.1, -0.05) is 0 Å². The fourth-order valence-corrected chi connectivity index (χ4v) is 2.30. The number of rotatable bonds is 8. The summed E-state index contributed by atoms with van der Waals surface area (Å²) in [6.45, 7) is 7.61. The van der Waals surface area contributed by atoms with Gasteiger partial charge in [0.15, 0.2) is 0 Å². The first-order valence-electron chi connectivity index (χ1n) is 7.40. The lowest BCUT2D eigenvalue weighted by molar-refractivity contribution is -0.133. The van der Waals surface area contributed by atoms with Crippen molar-refractivity contribution in [1.29, 1.82) is 0 Å². The van der Waals surface area contributed by atoms with Crippen LogP contribution in [-0.4, -0.2) is 68.2 Å². The summed E-state index contributed by atoms with van der Waals surface area (Å²) in [7, 11) is 1.69. The minimum atomic E-state index is 0.168. The van der Waals surface area contributed by atoms with Crippen molar-refractivity contribution in [1.82, 2.24) is 9.80 Å². The van der Waals surface area contributed by atoms with Crippen LogP contribution >= 0.6 is 0 Å². The summed E-state index contributed by atoms with van der Waals surface area (Å²) in [6, 6.07) is 0. The number of hydrogen-bond acceptors (Lipinski definition) is 4. The van der Waals surface area contributed by atoms with Crippen molar-refractivity contribution in [2.75, 3.05) is 46.4 Å². The number of carbonyl (C=O) groups excluding carboxylic acids is 1. The Kier molecular flexibility index (Phi) is 8.02. The van der Waals surface area contributed by atoms with E-state index >= 15 is 0 Å². The molecule has 1 aliphatic rings. The number of ether oxygens (including phenoxy) is 1. The van der Waals surface area contributed by atoms with E-state index in [1.807, 2.05) is 11.8 Å². The van der Waals surface area contributed by atoms with Gasteiger partial charge in [0.05, 0.1) is 6.10 Å². The summed E-state index contributed by atoms with van der Waals surface area (Å²) in [6.07, 6.45) is 3.83. The molecule has 5 nitrogen and oxygen atoms in total. The molecule has 1 fully saturated rings. The van der Waals surface area contributed by atoms with Gasteiger partial charge in [-0.15, -0.1) is 0 Å². The molecule has 19 heavy (non-hydrogen) atoms. The molecule has 0 aromatic heterocycles. The van der Waals surface area contributed by atoms with E-state index in [1.54, 1.807) is 7.11 Å². The molecular formula is C14H29N3O2. The zero-order valence-corrected chi connectivity index (χ0v) is 12.4. The number of methoxy groups -OCH3 is 1. The molecule has 112 valence electrons. The Morgan fingerprint density at radius 1 is 1.26 bits per heavy atom. The van der Waals surface area contributed by atoms with Crippen molar-refractivity contribution in [3.05, 3.63) is 0 Å². The number of carbonyl (C=O) groups is 1. The summed E-state index contributed by atoms with van der Waals surface area (Å²) in [5.74, 6) is 0.269. The summed E-state index contributed by atoms with van der Waals surface area (Å²) in [5.41, 5.74) is 5.49.